The van der Waals surface area contributed by atoms with Crippen molar-refractivity contribution >= 4 is 23.3 Å². The monoisotopic (exact) mass is 350 g/mol. The van der Waals surface area contributed by atoms with Gasteiger partial charge in [0.2, 0.25) is 17.6 Å². The molecule has 0 radical (unpaired) electrons. The molecule has 0 amide bonds. The Kier molecular flexibility index (Phi) is 4.94. The zero-order valence-electron chi connectivity index (χ0n) is 15.0. The third-order valence-electron chi connectivity index (χ3n) is 4.72. The largest absolute Gasteiger partial charge is 0.378 e. The van der Waals surface area contributed by atoms with Crippen LogP contribution in [-0.2, 0) is 4.74 Å². The molecule has 3 heterocycles. The molecular formula is C16H26N6O3. The first-order chi connectivity index (χ1) is 11.8. The summed E-state index contributed by atoms with van der Waals surface area (Å²) in [6.07, 6.45) is 2.20. The molecule has 25 heavy (non-hydrogen) atoms. The highest BCUT2D eigenvalue weighted by Crippen LogP contribution is 2.35. The van der Waals surface area contributed by atoms with Crippen molar-refractivity contribution in [2.75, 3.05) is 41.7 Å². The van der Waals surface area contributed by atoms with Crippen LogP contribution in [0.4, 0.5) is 23.3 Å². The SMILES string of the molecule is C[C@@H]1CCCN(c2nc(N3C[C@@H](C)O[C@@H](C)C3)nc(N)c2[N+](=O)[O-])C1. The van der Waals surface area contributed by atoms with E-state index >= 15 is 0 Å². The van der Waals surface area contributed by atoms with E-state index in [4.69, 9.17) is 10.5 Å². The molecule has 3 atom stereocenters. The second kappa shape index (κ2) is 6.99. The summed E-state index contributed by atoms with van der Waals surface area (Å²) in [5.41, 5.74) is 5.78. The summed E-state index contributed by atoms with van der Waals surface area (Å²) >= 11 is 0. The van der Waals surface area contributed by atoms with Crippen LogP contribution < -0.4 is 15.5 Å². The number of ether oxygens (including phenoxy) is 1. The zero-order chi connectivity index (χ0) is 18.1. The molecule has 0 bridgehead atoms. The summed E-state index contributed by atoms with van der Waals surface area (Å²) in [6.45, 7) is 8.89. The Bertz CT molecular complexity index is 645. The van der Waals surface area contributed by atoms with Crippen LogP contribution in [0, 0.1) is 16.0 Å². The van der Waals surface area contributed by atoms with Gasteiger partial charge in [0.1, 0.15) is 0 Å². The first-order valence-corrected chi connectivity index (χ1v) is 8.82. The van der Waals surface area contributed by atoms with Crippen LogP contribution in [0.25, 0.3) is 0 Å². The van der Waals surface area contributed by atoms with Gasteiger partial charge in [0.25, 0.3) is 0 Å². The lowest BCUT2D eigenvalue weighted by atomic mass is 10.0. The third kappa shape index (κ3) is 3.76. The molecule has 138 valence electrons. The zero-order valence-corrected chi connectivity index (χ0v) is 15.0. The van der Waals surface area contributed by atoms with Gasteiger partial charge in [-0.05, 0) is 32.6 Å². The quantitative estimate of drug-likeness (QED) is 0.649. The summed E-state index contributed by atoms with van der Waals surface area (Å²) < 4.78 is 5.74. The molecule has 2 fully saturated rings. The summed E-state index contributed by atoms with van der Waals surface area (Å²) in [4.78, 5) is 23.8. The van der Waals surface area contributed by atoms with Crippen molar-refractivity contribution in [2.45, 2.75) is 45.8 Å². The fourth-order valence-corrected chi connectivity index (χ4v) is 3.71. The molecule has 0 unspecified atom stereocenters. The number of piperidine rings is 1. The average molecular weight is 350 g/mol. The highest BCUT2D eigenvalue weighted by atomic mass is 16.6. The topological polar surface area (TPSA) is 111 Å². The second-order valence-electron chi connectivity index (χ2n) is 7.19. The van der Waals surface area contributed by atoms with Crippen molar-refractivity contribution in [1.82, 2.24) is 9.97 Å². The first-order valence-electron chi connectivity index (χ1n) is 8.82. The Morgan fingerprint density at radius 1 is 1.16 bits per heavy atom. The minimum absolute atomic E-state index is 0.0437. The standard InChI is InChI=1S/C16H26N6O3/c1-10-5-4-6-20(7-10)15-13(22(23)24)14(17)18-16(19-15)21-8-11(2)25-12(3)9-21/h10-12H,4-9H2,1-3H3,(H2,17,18,19)/t10-,11-,12+/m1/s1. The van der Waals surface area contributed by atoms with Gasteiger partial charge in [-0.1, -0.05) is 6.92 Å². The van der Waals surface area contributed by atoms with Gasteiger partial charge in [-0.15, -0.1) is 0 Å². The van der Waals surface area contributed by atoms with E-state index in [2.05, 4.69) is 16.9 Å². The van der Waals surface area contributed by atoms with E-state index in [0.717, 1.165) is 25.9 Å². The predicted molar refractivity (Wildman–Crippen MR) is 95.9 cm³/mol. The van der Waals surface area contributed by atoms with Gasteiger partial charge in [-0.25, -0.2) is 0 Å². The molecule has 9 nitrogen and oxygen atoms in total. The molecule has 2 saturated heterocycles. The minimum atomic E-state index is -0.474. The second-order valence-corrected chi connectivity index (χ2v) is 7.19. The Morgan fingerprint density at radius 2 is 1.84 bits per heavy atom. The Morgan fingerprint density at radius 3 is 2.44 bits per heavy atom. The molecule has 1 aromatic heterocycles. The van der Waals surface area contributed by atoms with Gasteiger partial charge in [0.15, 0.2) is 0 Å². The lowest BCUT2D eigenvalue weighted by Gasteiger charge is -2.36. The maximum absolute atomic E-state index is 11.5. The van der Waals surface area contributed by atoms with Crippen molar-refractivity contribution in [2.24, 2.45) is 5.92 Å². The van der Waals surface area contributed by atoms with Gasteiger partial charge >= 0.3 is 5.69 Å². The molecule has 0 saturated carbocycles. The molecule has 0 spiro atoms. The van der Waals surface area contributed by atoms with Gasteiger partial charge in [0.05, 0.1) is 17.1 Å². The van der Waals surface area contributed by atoms with E-state index in [0.29, 0.717) is 30.8 Å². The molecule has 1 aromatic rings. The van der Waals surface area contributed by atoms with Crippen LogP contribution in [0.5, 0.6) is 0 Å². The Labute approximate surface area is 147 Å². The molecular weight excluding hydrogens is 324 g/mol. The van der Waals surface area contributed by atoms with Crippen molar-refractivity contribution in [3.8, 4) is 0 Å². The van der Waals surface area contributed by atoms with E-state index in [9.17, 15) is 10.1 Å². The van der Waals surface area contributed by atoms with E-state index in [-0.39, 0.29) is 23.7 Å². The third-order valence-corrected chi connectivity index (χ3v) is 4.72. The maximum atomic E-state index is 11.5. The first kappa shape index (κ1) is 17.7. The van der Waals surface area contributed by atoms with Gasteiger partial charge < -0.3 is 20.3 Å². The number of nitrogens with two attached hydrogens (primary N) is 1. The number of hydrogen-bond donors (Lipinski definition) is 1. The van der Waals surface area contributed by atoms with Crippen molar-refractivity contribution in [3.63, 3.8) is 0 Å². The lowest BCUT2D eigenvalue weighted by Crippen LogP contribution is -2.46. The maximum Gasteiger partial charge on any atom is 0.353 e. The number of hydrogen-bond acceptors (Lipinski definition) is 8. The molecule has 2 aliphatic heterocycles. The molecule has 9 heteroatoms. The lowest BCUT2D eigenvalue weighted by molar-refractivity contribution is -0.383. The van der Waals surface area contributed by atoms with Gasteiger partial charge in [-0.2, -0.15) is 9.97 Å². The van der Waals surface area contributed by atoms with E-state index in [1.54, 1.807) is 0 Å². The van der Waals surface area contributed by atoms with Crippen LogP contribution >= 0.6 is 0 Å². The summed E-state index contributed by atoms with van der Waals surface area (Å²) in [5.74, 6) is 1.18. The highest BCUT2D eigenvalue weighted by molar-refractivity contribution is 5.71. The number of nitrogen functional groups attached to an aromatic ring is 1. The van der Waals surface area contributed by atoms with Crippen LogP contribution in [0.3, 0.4) is 0 Å². The number of rotatable bonds is 3. The molecule has 3 rings (SSSR count). The van der Waals surface area contributed by atoms with Crippen molar-refractivity contribution in [1.29, 1.82) is 0 Å². The van der Waals surface area contributed by atoms with E-state index in [1.807, 2.05) is 23.6 Å². The number of anilines is 3. The van der Waals surface area contributed by atoms with Crippen LogP contribution in [-0.4, -0.2) is 53.3 Å². The smallest absolute Gasteiger partial charge is 0.353 e. The predicted octanol–water partition coefficient (Wildman–Crippen LogP) is 1.82. The number of aromatic nitrogens is 2. The number of morpholine rings is 1. The van der Waals surface area contributed by atoms with Gasteiger partial charge in [-0.3, -0.25) is 10.1 Å². The van der Waals surface area contributed by atoms with Crippen LogP contribution in [0.2, 0.25) is 0 Å². The summed E-state index contributed by atoms with van der Waals surface area (Å²) in [6, 6.07) is 0. The van der Waals surface area contributed by atoms with Gasteiger partial charge in [0, 0.05) is 26.2 Å². The minimum Gasteiger partial charge on any atom is -0.378 e. The van der Waals surface area contributed by atoms with Crippen molar-refractivity contribution < 1.29 is 9.66 Å². The van der Waals surface area contributed by atoms with Crippen LogP contribution in [0.15, 0.2) is 0 Å². The Hall–Kier alpha value is -2.16. The van der Waals surface area contributed by atoms with E-state index in [1.165, 1.54) is 0 Å². The number of nitro groups is 1. The normalized spacial score (nSPS) is 27.4. The molecule has 2 aliphatic rings. The van der Waals surface area contributed by atoms with E-state index < -0.39 is 4.92 Å². The molecule has 0 aromatic carbocycles. The summed E-state index contributed by atoms with van der Waals surface area (Å²) in [7, 11) is 0. The number of nitrogens with zero attached hydrogens (tertiary/aromatic N) is 5. The highest BCUT2D eigenvalue weighted by Gasteiger charge is 2.32. The average Bonchev–Trinajstić information content (AvgIpc) is 2.52. The summed E-state index contributed by atoms with van der Waals surface area (Å²) in [5, 5.41) is 11.5. The fourth-order valence-electron chi connectivity index (χ4n) is 3.71. The molecule has 0 aliphatic carbocycles. The molecule has 2 N–H and O–H groups in total. The fraction of sp³-hybridized carbons (Fsp3) is 0.750. The Balaban J connectivity index is 1.99. The van der Waals surface area contributed by atoms with Crippen LogP contribution in [0.1, 0.15) is 33.6 Å². The van der Waals surface area contributed by atoms with Crippen molar-refractivity contribution in [3.05, 3.63) is 10.1 Å².